The molecule has 0 aromatic carbocycles. The molecule has 98 valence electrons. The standard InChI is InChI=1S/C11H16N4O2S/c1-6(2)5-15-8-7(13(3)10(18)12-8)9(16)14(4)11(15)17/h6H,5H2,1-4H3,(H,12,18). The minimum absolute atomic E-state index is 0.297. The van der Waals surface area contributed by atoms with Crippen LogP contribution in [-0.4, -0.2) is 18.7 Å². The lowest BCUT2D eigenvalue weighted by atomic mass is 10.2. The first-order valence-corrected chi connectivity index (χ1v) is 6.14. The molecular formula is C11H16N4O2S. The molecule has 0 atom stereocenters. The number of aromatic amines is 1. The van der Waals surface area contributed by atoms with Gasteiger partial charge < -0.3 is 9.55 Å². The number of rotatable bonds is 2. The third-order valence-electron chi connectivity index (χ3n) is 2.93. The number of aromatic nitrogens is 4. The molecule has 0 fully saturated rings. The molecule has 0 saturated heterocycles. The summed E-state index contributed by atoms with van der Waals surface area (Å²) in [5, 5.41) is 0. The fourth-order valence-corrected chi connectivity index (χ4v) is 2.19. The van der Waals surface area contributed by atoms with Crippen LogP contribution >= 0.6 is 12.2 Å². The van der Waals surface area contributed by atoms with E-state index in [4.69, 9.17) is 12.2 Å². The number of nitrogens with zero attached hydrogens (tertiary/aromatic N) is 3. The van der Waals surface area contributed by atoms with Crippen LogP contribution in [0.4, 0.5) is 0 Å². The highest BCUT2D eigenvalue weighted by Gasteiger charge is 2.15. The monoisotopic (exact) mass is 268 g/mol. The lowest BCUT2D eigenvalue weighted by Gasteiger charge is -2.11. The Balaban J connectivity index is 3.02. The summed E-state index contributed by atoms with van der Waals surface area (Å²) in [4.78, 5) is 27.1. The summed E-state index contributed by atoms with van der Waals surface area (Å²) in [6, 6.07) is 0. The first kappa shape index (κ1) is 12.8. The van der Waals surface area contributed by atoms with Crippen molar-refractivity contribution in [1.29, 1.82) is 0 Å². The maximum absolute atomic E-state index is 12.1. The summed E-state index contributed by atoms with van der Waals surface area (Å²) in [7, 11) is 3.20. The zero-order valence-electron chi connectivity index (χ0n) is 10.9. The van der Waals surface area contributed by atoms with Crippen molar-refractivity contribution in [3.05, 3.63) is 25.6 Å². The van der Waals surface area contributed by atoms with E-state index in [0.29, 0.717) is 28.4 Å². The molecule has 0 aliphatic rings. The van der Waals surface area contributed by atoms with E-state index >= 15 is 0 Å². The lowest BCUT2D eigenvalue weighted by molar-refractivity contribution is 0.500. The zero-order chi connectivity index (χ0) is 13.6. The Labute approximate surface area is 108 Å². The van der Waals surface area contributed by atoms with E-state index < -0.39 is 0 Å². The molecule has 0 aliphatic heterocycles. The van der Waals surface area contributed by atoms with Crippen LogP contribution in [0.15, 0.2) is 9.59 Å². The molecule has 2 aromatic heterocycles. The van der Waals surface area contributed by atoms with Crippen molar-refractivity contribution >= 4 is 23.4 Å². The Kier molecular flexibility index (Phi) is 3.02. The van der Waals surface area contributed by atoms with Gasteiger partial charge in [-0.15, -0.1) is 0 Å². The molecule has 2 heterocycles. The van der Waals surface area contributed by atoms with Crippen LogP contribution in [0, 0.1) is 10.7 Å². The molecule has 2 rings (SSSR count). The minimum atomic E-state index is -0.329. The molecule has 0 spiro atoms. The molecule has 2 aromatic rings. The summed E-state index contributed by atoms with van der Waals surface area (Å²) < 4.78 is 4.72. The van der Waals surface area contributed by atoms with Gasteiger partial charge in [0.25, 0.3) is 5.56 Å². The number of aryl methyl sites for hydroxylation is 1. The van der Waals surface area contributed by atoms with E-state index in [9.17, 15) is 9.59 Å². The molecule has 0 bridgehead atoms. The predicted molar refractivity (Wildman–Crippen MR) is 72.4 cm³/mol. The van der Waals surface area contributed by atoms with Gasteiger partial charge in [-0.3, -0.25) is 13.9 Å². The van der Waals surface area contributed by atoms with Crippen LogP contribution in [0.1, 0.15) is 13.8 Å². The smallest absolute Gasteiger partial charge is 0.316 e. The van der Waals surface area contributed by atoms with Crippen LogP contribution in [0.3, 0.4) is 0 Å². The van der Waals surface area contributed by atoms with Crippen molar-refractivity contribution in [3.63, 3.8) is 0 Å². The number of nitrogens with one attached hydrogen (secondary N) is 1. The van der Waals surface area contributed by atoms with Crippen molar-refractivity contribution in [2.24, 2.45) is 20.0 Å². The summed E-state index contributed by atoms with van der Waals surface area (Å²) in [6.07, 6.45) is 0. The van der Waals surface area contributed by atoms with Gasteiger partial charge in [0.15, 0.2) is 10.3 Å². The topological polar surface area (TPSA) is 64.7 Å². The molecule has 6 nitrogen and oxygen atoms in total. The fourth-order valence-electron chi connectivity index (χ4n) is 2.00. The molecule has 1 N–H and O–H groups in total. The Hall–Kier alpha value is -1.63. The van der Waals surface area contributed by atoms with E-state index in [2.05, 4.69) is 4.98 Å². The maximum Gasteiger partial charge on any atom is 0.332 e. The van der Waals surface area contributed by atoms with Gasteiger partial charge in [-0.1, -0.05) is 13.8 Å². The van der Waals surface area contributed by atoms with Crippen molar-refractivity contribution < 1.29 is 0 Å². The molecule has 0 amide bonds. The Morgan fingerprint density at radius 1 is 1.22 bits per heavy atom. The number of hydrogen-bond acceptors (Lipinski definition) is 3. The second-order valence-corrected chi connectivity index (χ2v) is 5.22. The molecule has 18 heavy (non-hydrogen) atoms. The van der Waals surface area contributed by atoms with E-state index in [1.807, 2.05) is 13.8 Å². The highest BCUT2D eigenvalue weighted by atomic mass is 32.1. The Morgan fingerprint density at radius 3 is 2.39 bits per heavy atom. The van der Waals surface area contributed by atoms with Crippen LogP contribution in [0.5, 0.6) is 0 Å². The van der Waals surface area contributed by atoms with Crippen molar-refractivity contribution in [2.45, 2.75) is 20.4 Å². The van der Waals surface area contributed by atoms with Crippen molar-refractivity contribution in [1.82, 2.24) is 18.7 Å². The Morgan fingerprint density at radius 2 is 1.83 bits per heavy atom. The fraction of sp³-hybridized carbons (Fsp3) is 0.545. The first-order valence-electron chi connectivity index (χ1n) is 5.73. The van der Waals surface area contributed by atoms with Gasteiger partial charge in [0.2, 0.25) is 0 Å². The zero-order valence-corrected chi connectivity index (χ0v) is 11.7. The van der Waals surface area contributed by atoms with Crippen molar-refractivity contribution in [3.8, 4) is 0 Å². The molecule has 7 heteroatoms. The number of hydrogen-bond donors (Lipinski definition) is 1. The molecule has 0 radical (unpaired) electrons. The quantitative estimate of drug-likeness (QED) is 0.818. The predicted octanol–water partition coefficient (Wildman–Crippen LogP) is 0.752. The average molecular weight is 268 g/mol. The van der Waals surface area contributed by atoms with Gasteiger partial charge in [-0.25, -0.2) is 4.79 Å². The van der Waals surface area contributed by atoms with Crippen LogP contribution in [0.2, 0.25) is 0 Å². The normalized spacial score (nSPS) is 11.6. The van der Waals surface area contributed by atoms with E-state index in [-0.39, 0.29) is 11.2 Å². The number of H-pyrrole nitrogens is 1. The molecular weight excluding hydrogens is 252 g/mol. The lowest BCUT2D eigenvalue weighted by Crippen LogP contribution is -2.39. The summed E-state index contributed by atoms with van der Waals surface area (Å²) in [5.74, 6) is 0.297. The van der Waals surface area contributed by atoms with Crippen LogP contribution < -0.4 is 11.2 Å². The van der Waals surface area contributed by atoms with Gasteiger partial charge in [0.05, 0.1) is 0 Å². The molecule has 0 aliphatic carbocycles. The third kappa shape index (κ3) is 1.74. The highest BCUT2D eigenvalue weighted by molar-refractivity contribution is 7.71. The highest BCUT2D eigenvalue weighted by Crippen LogP contribution is 2.08. The summed E-state index contributed by atoms with van der Waals surface area (Å²) in [6.45, 7) is 4.57. The molecule has 0 unspecified atom stereocenters. The van der Waals surface area contributed by atoms with Gasteiger partial charge >= 0.3 is 5.69 Å². The Bertz CT molecular complexity index is 775. The van der Waals surface area contributed by atoms with E-state index in [1.54, 1.807) is 16.2 Å². The van der Waals surface area contributed by atoms with Gasteiger partial charge in [0, 0.05) is 20.6 Å². The van der Waals surface area contributed by atoms with Crippen molar-refractivity contribution in [2.75, 3.05) is 0 Å². The summed E-state index contributed by atoms with van der Waals surface area (Å²) in [5.41, 5.74) is 0.287. The number of fused-ring (bicyclic) bond motifs is 1. The largest absolute Gasteiger partial charge is 0.332 e. The minimum Gasteiger partial charge on any atom is -0.316 e. The maximum atomic E-state index is 12.1. The van der Waals surface area contributed by atoms with Gasteiger partial charge in [0.1, 0.15) is 5.65 Å². The average Bonchev–Trinajstić information content (AvgIpc) is 2.58. The third-order valence-corrected chi connectivity index (χ3v) is 3.31. The van der Waals surface area contributed by atoms with Gasteiger partial charge in [-0.05, 0) is 18.1 Å². The van der Waals surface area contributed by atoms with Crippen LogP contribution in [0.25, 0.3) is 11.2 Å². The molecule has 0 saturated carbocycles. The van der Waals surface area contributed by atoms with Gasteiger partial charge in [-0.2, -0.15) is 0 Å². The van der Waals surface area contributed by atoms with Crippen LogP contribution in [-0.2, 0) is 20.6 Å². The summed E-state index contributed by atoms with van der Waals surface area (Å²) >= 11 is 5.12. The number of imidazole rings is 1. The van der Waals surface area contributed by atoms with E-state index in [0.717, 1.165) is 4.57 Å². The second-order valence-electron chi connectivity index (χ2n) is 4.84. The first-order chi connectivity index (χ1) is 8.34. The SMILES string of the molecule is CC(C)Cn1c(=O)n(C)c(=O)c2c1[nH]c(=S)n2C. The van der Waals surface area contributed by atoms with E-state index in [1.165, 1.54) is 7.05 Å². The second kappa shape index (κ2) is 4.24.